The van der Waals surface area contributed by atoms with E-state index in [0.717, 1.165) is 18.8 Å². The van der Waals surface area contributed by atoms with E-state index in [-0.39, 0.29) is 6.04 Å². The van der Waals surface area contributed by atoms with Crippen molar-refractivity contribution in [2.75, 3.05) is 0 Å². The predicted molar refractivity (Wildman–Crippen MR) is 79.3 cm³/mol. The molecule has 2 rings (SSSR count). The molecule has 3 heteroatoms. The van der Waals surface area contributed by atoms with Gasteiger partial charge in [0.15, 0.2) is 0 Å². The van der Waals surface area contributed by atoms with Gasteiger partial charge in [-0.15, -0.1) is 0 Å². The molecule has 1 unspecified atom stereocenters. The SMILES string of the molecule is NC(CCC1CCCC1)Cc1ccc(Cl)c(Cl)c1. The second-order valence-corrected chi connectivity index (χ2v) is 6.25. The smallest absolute Gasteiger partial charge is 0.0595 e. The lowest BCUT2D eigenvalue weighted by molar-refractivity contribution is 0.447. The Hall–Kier alpha value is -0.240. The lowest BCUT2D eigenvalue weighted by atomic mass is 9.95. The van der Waals surface area contributed by atoms with Crippen molar-refractivity contribution in [3.8, 4) is 0 Å². The van der Waals surface area contributed by atoms with Crippen LogP contribution in [0.1, 0.15) is 44.1 Å². The van der Waals surface area contributed by atoms with E-state index in [4.69, 9.17) is 28.9 Å². The summed E-state index contributed by atoms with van der Waals surface area (Å²) in [5, 5.41) is 1.23. The van der Waals surface area contributed by atoms with Crippen molar-refractivity contribution in [2.24, 2.45) is 11.7 Å². The fraction of sp³-hybridized carbons (Fsp3) is 0.600. The maximum absolute atomic E-state index is 6.20. The summed E-state index contributed by atoms with van der Waals surface area (Å²) in [6, 6.07) is 6.04. The van der Waals surface area contributed by atoms with Crippen LogP contribution in [-0.4, -0.2) is 6.04 Å². The highest BCUT2D eigenvalue weighted by atomic mass is 35.5. The summed E-state index contributed by atoms with van der Waals surface area (Å²) in [6.45, 7) is 0. The minimum absolute atomic E-state index is 0.239. The van der Waals surface area contributed by atoms with Crippen molar-refractivity contribution < 1.29 is 0 Å². The van der Waals surface area contributed by atoms with Crippen LogP contribution in [0.15, 0.2) is 18.2 Å². The van der Waals surface area contributed by atoms with Gasteiger partial charge in [-0.2, -0.15) is 0 Å². The summed E-state index contributed by atoms with van der Waals surface area (Å²) in [6.07, 6.45) is 8.91. The molecule has 1 atom stereocenters. The Labute approximate surface area is 120 Å². The Morgan fingerprint density at radius 3 is 2.56 bits per heavy atom. The van der Waals surface area contributed by atoms with E-state index in [1.165, 1.54) is 37.7 Å². The van der Waals surface area contributed by atoms with Gasteiger partial charge in [-0.05, 0) is 42.9 Å². The van der Waals surface area contributed by atoms with Gasteiger partial charge in [-0.3, -0.25) is 0 Å². The molecule has 1 fully saturated rings. The molecular weight excluding hydrogens is 265 g/mol. The molecule has 0 bridgehead atoms. The topological polar surface area (TPSA) is 26.0 Å². The third-order valence-corrected chi connectivity index (χ3v) is 4.64. The molecule has 1 aliphatic rings. The van der Waals surface area contributed by atoms with Gasteiger partial charge < -0.3 is 5.73 Å². The molecule has 0 aliphatic heterocycles. The molecule has 1 saturated carbocycles. The molecular formula is C15H21Cl2N. The van der Waals surface area contributed by atoms with E-state index in [1.807, 2.05) is 18.2 Å². The predicted octanol–water partition coefficient (Wildman–Crippen LogP) is 4.83. The number of rotatable bonds is 5. The van der Waals surface area contributed by atoms with Crippen molar-refractivity contribution in [1.29, 1.82) is 0 Å². The molecule has 1 aliphatic carbocycles. The number of hydrogen-bond acceptors (Lipinski definition) is 1. The molecule has 2 N–H and O–H groups in total. The molecule has 0 aromatic heterocycles. The highest BCUT2D eigenvalue weighted by Crippen LogP contribution is 2.29. The highest BCUT2D eigenvalue weighted by Gasteiger charge is 2.16. The van der Waals surface area contributed by atoms with Crippen LogP contribution in [0.3, 0.4) is 0 Å². The second kappa shape index (κ2) is 6.79. The van der Waals surface area contributed by atoms with Crippen molar-refractivity contribution in [2.45, 2.75) is 51.0 Å². The molecule has 0 radical (unpaired) electrons. The number of hydrogen-bond donors (Lipinski definition) is 1. The van der Waals surface area contributed by atoms with Gasteiger partial charge in [-0.25, -0.2) is 0 Å². The Kier molecular flexibility index (Phi) is 5.35. The first kappa shape index (κ1) is 14.2. The monoisotopic (exact) mass is 285 g/mol. The Morgan fingerprint density at radius 2 is 1.89 bits per heavy atom. The number of nitrogens with two attached hydrogens (primary N) is 1. The Morgan fingerprint density at radius 1 is 1.17 bits per heavy atom. The van der Waals surface area contributed by atoms with Crippen LogP contribution in [0.4, 0.5) is 0 Å². The molecule has 18 heavy (non-hydrogen) atoms. The normalized spacial score (nSPS) is 18.2. The van der Waals surface area contributed by atoms with Crippen molar-refractivity contribution in [3.63, 3.8) is 0 Å². The zero-order valence-electron chi connectivity index (χ0n) is 10.7. The van der Waals surface area contributed by atoms with Crippen LogP contribution in [-0.2, 0) is 6.42 Å². The molecule has 100 valence electrons. The maximum Gasteiger partial charge on any atom is 0.0595 e. The van der Waals surface area contributed by atoms with E-state index in [0.29, 0.717) is 10.0 Å². The van der Waals surface area contributed by atoms with Crippen LogP contribution >= 0.6 is 23.2 Å². The largest absolute Gasteiger partial charge is 0.327 e. The quantitative estimate of drug-likeness (QED) is 0.824. The number of halogens is 2. The van der Waals surface area contributed by atoms with Gasteiger partial charge in [0, 0.05) is 6.04 Å². The zero-order chi connectivity index (χ0) is 13.0. The fourth-order valence-electron chi connectivity index (χ4n) is 2.82. The second-order valence-electron chi connectivity index (χ2n) is 5.44. The zero-order valence-corrected chi connectivity index (χ0v) is 12.2. The third kappa shape index (κ3) is 4.15. The van der Waals surface area contributed by atoms with Gasteiger partial charge >= 0.3 is 0 Å². The van der Waals surface area contributed by atoms with Crippen LogP contribution in [0.25, 0.3) is 0 Å². The molecule has 0 spiro atoms. The van der Waals surface area contributed by atoms with Crippen LogP contribution < -0.4 is 5.73 Å². The van der Waals surface area contributed by atoms with E-state index < -0.39 is 0 Å². The Bertz CT molecular complexity index is 386. The minimum Gasteiger partial charge on any atom is -0.327 e. The van der Waals surface area contributed by atoms with E-state index in [1.54, 1.807) is 0 Å². The summed E-state index contributed by atoms with van der Waals surface area (Å²) in [5.74, 6) is 0.921. The average Bonchev–Trinajstić information content (AvgIpc) is 2.84. The van der Waals surface area contributed by atoms with Gasteiger partial charge in [0.05, 0.1) is 10.0 Å². The Balaban J connectivity index is 1.78. The van der Waals surface area contributed by atoms with Gasteiger partial charge in [-0.1, -0.05) is 55.0 Å². The number of benzene rings is 1. The van der Waals surface area contributed by atoms with E-state index in [9.17, 15) is 0 Å². The molecule has 0 amide bonds. The maximum atomic E-state index is 6.20. The van der Waals surface area contributed by atoms with Crippen molar-refractivity contribution in [1.82, 2.24) is 0 Å². The summed E-state index contributed by atoms with van der Waals surface area (Å²) in [7, 11) is 0. The first-order valence-electron chi connectivity index (χ1n) is 6.84. The third-order valence-electron chi connectivity index (χ3n) is 3.90. The standard InChI is InChI=1S/C15H21Cl2N/c16-14-8-6-12(10-15(14)17)9-13(18)7-5-11-3-1-2-4-11/h6,8,10-11,13H,1-5,7,9,18H2. The first-order valence-corrected chi connectivity index (χ1v) is 7.60. The fourth-order valence-corrected chi connectivity index (χ4v) is 3.14. The summed E-state index contributed by atoms with van der Waals surface area (Å²) in [5.41, 5.74) is 7.38. The molecule has 0 heterocycles. The lowest BCUT2D eigenvalue weighted by Crippen LogP contribution is -2.23. The lowest BCUT2D eigenvalue weighted by Gasteiger charge is -2.15. The van der Waals surface area contributed by atoms with Gasteiger partial charge in [0.25, 0.3) is 0 Å². The summed E-state index contributed by atoms with van der Waals surface area (Å²) >= 11 is 11.9. The van der Waals surface area contributed by atoms with E-state index >= 15 is 0 Å². The highest BCUT2D eigenvalue weighted by molar-refractivity contribution is 6.42. The van der Waals surface area contributed by atoms with Crippen molar-refractivity contribution in [3.05, 3.63) is 33.8 Å². The summed E-state index contributed by atoms with van der Waals surface area (Å²) < 4.78 is 0. The van der Waals surface area contributed by atoms with Crippen LogP contribution in [0.2, 0.25) is 10.0 Å². The molecule has 1 aromatic rings. The molecule has 0 saturated heterocycles. The van der Waals surface area contributed by atoms with Gasteiger partial charge in [0.1, 0.15) is 0 Å². The minimum atomic E-state index is 0.239. The van der Waals surface area contributed by atoms with E-state index in [2.05, 4.69) is 0 Å². The van der Waals surface area contributed by atoms with Crippen LogP contribution in [0, 0.1) is 5.92 Å². The van der Waals surface area contributed by atoms with Crippen molar-refractivity contribution >= 4 is 23.2 Å². The van der Waals surface area contributed by atoms with Crippen LogP contribution in [0.5, 0.6) is 0 Å². The summed E-state index contributed by atoms with van der Waals surface area (Å²) in [4.78, 5) is 0. The molecule has 1 nitrogen and oxygen atoms in total. The average molecular weight is 286 g/mol. The van der Waals surface area contributed by atoms with Gasteiger partial charge in [0.2, 0.25) is 0 Å². The molecule has 1 aromatic carbocycles. The first-order chi connectivity index (χ1) is 8.65.